The fraction of sp³-hybridized carbons (Fsp3) is 1.00. The summed E-state index contributed by atoms with van der Waals surface area (Å²) >= 11 is 4.47. The lowest BCUT2D eigenvalue weighted by Crippen LogP contribution is -2.24. The first-order valence-corrected chi connectivity index (χ1v) is 3.85. The molecule has 1 fully saturated rings. The molecule has 0 aromatic rings. The summed E-state index contributed by atoms with van der Waals surface area (Å²) < 4.78 is 5.38. The Morgan fingerprint density at radius 1 is 1.56 bits per heavy atom. The van der Waals surface area contributed by atoms with E-state index in [9.17, 15) is 0 Å². The minimum Gasteiger partial charge on any atom is -0.381 e. The van der Waals surface area contributed by atoms with E-state index in [1.54, 1.807) is 0 Å². The second-order valence-electron chi connectivity index (χ2n) is 3.21. The smallest absolute Gasteiger partial charge is 0.0508 e. The molecule has 1 saturated heterocycles. The van der Waals surface area contributed by atoms with Crippen LogP contribution in [0.2, 0.25) is 0 Å². The fourth-order valence-corrected chi connectivity index (χ4v) is 1.30. The van der Waals surface area contributed by atoms with Gasteiger partial charge in [-0.3, -0.25) is 0 Å². The molecule has 54 valence electrons. The van der Waals surface area contributed by atoms with Crippen molar-refractivity contribution in [3.05, 3.63) is 0 Å². The summed E-state index contributed by atoms with van der Waals surface area (Å²) in [4.78, 5) is 0. The largest absolute Gasteiger partial charge is 0.381 e. The van der Waals surface area contributed by atoms with E-state index in [4.69, 9.17) is 4.74 Å². The summed E-state index contributed by atoms with van der Waals surface area (Å²) in [6.07, 6.45) is 1.18. The number of ether oxygens (including phenoxy) is 1. The predicted octanol–water partition coefficient (Wildman–Crippen LogP) is 1.73. The molecule has 1 unspecified atom stereocenters. The zero-order valence-electron chi connectivity index (χ0n) is 6.05. The summed E-state index contributed by atoms with van der Waals surface area (Å²) in [5.74, 6) is 0.654. The van der Waals surface area contributed by atoms with Gasteiger partial charge >= 0.3 is 0 Å². The normalized spacial score (nSPS) is 29.0. The van der Waals surface area contributed by atoms with Gasteiger partial charge in [-0.1, -0.05) is 13.8 Å². The predicted molar refractivity (Wildman–Crippen MR) is 42.0 cm³/mol. The van der Waals surface area contributed by atoms with Crippen molar-refractivity contribution in [2.24, 2.45) is 5.92 Å². The zero-order valence-corrected chi connectivity index (χ0v) is 6.95. The van der Waals surface area contributed by atoms with Crippen LogP contribution in [0, 0.1) is 5.92 Å². The Balaban J connectivity index is 2.42. The Morgan fingerprint density at radius 3 is 2.44 bits per heavy atom. The lowest BCUT2D eigenvalue weighted by Gasteiger charge is -2.23. The average Bonchev–Trinajstić information content (AvgIpc) is 2.08. The molecule has 0 amide bonds. The average molecular weight is 146 g/mol. The van der Waals surface area contributed by atoms with Crippen LogP contribution in [-0.4, -0.2) is 18.0 Å². The first kappa shape index (κ1) is 7.42. The first-order chi connectivity index (χ1) is 4.11. The maximum absolute atomic E-state index is 5.23. The van der Waals surface area contributed by atoms with Gasteiger partial charge in [-0.05, 0) is 12.3 Å². The lowest BCUT2D eigenvalue weighted by molar-refractivity contribution is 0.180. The maximum Gasteiger partial charge on any atom is 0.0508 e. The summed E-state index contributed by atoms with van der Waals surface area (Å²) in [5.41, 5.74) is 0. The molecule has 2 heteroatoms. The van der Waals surface area contributed by atoms with Crippen molar-refractivity contribution in [1.29, 1.82) is 0 Å². The third kappa shape index (κ3) is 1.87. The second-order valence-corrected chi connectivity index (χ2v) is 4.37. The topological polar surface area (TPSA) is 9.23 Å². The molecular weight excluding hydrogens is 132 g/mol. The van der Waals surface area contributed by atoms with Gasteiger partial charge in [0, 0.05) is 11.4 Å². The van der Waals surface area contributed by atoms with Gasteiger partial charge in [0.1, 0.15) is 0 Å². The van der Waals surface area contributed by atoms with Gasteiger partial charge in [-0.25, -0.2) is 0 Å². The van der Waals surface area contributed by atoms with E-state index >= 15 is 0 Å². The molecule has 9 heavy (non-hydrogen) atoms. The minimum atomic E-state index is 0.149. The molecule has 1 aliphatic heterocycles. The van der Waals surface area contributed by atoms with Gasteiger partial charge < -0.3 is 4.74 Å². The van der Waals surface area contributed by atoms with Crippen LogP contribution in [0.3, 0.4) is 0 Å². The van der Waals surface area contributed by atoms with E-state index in [0.29, 0.717) is 5.92 Å². The van der Waals surface area contributed by atoms with Gasteiger partial charge in [0.15, 0.2) is 0 Å². The third-order valence-electron chi connectivity index (χ3n) is 1.93. The molecule has 0 saturated carbocycles. The van der Waals surface area contributed by atoms with Crippen LogP contribution < -0.4 is 0 Å². The van der Waals surface area contributed by atoms with Crippen molar-refractivity contribution >= 4 is 12.6 Å². The van der Waals surface area contributed by atoms with Crippen LogP contribution in [-0.2, 0) is 4.74 Å². The summed E-state index contributed by atoms with van der Waals surface area (Å²) in [5, 5.41) is 0. The van der Waals surface area contributed by atoms with Gasteiger partial charge in [0.2, 0.25) is 0 Å². The van der Waals surface area contributed by atoms with Crippen LogP contribution in [0.4, 0.5) is 0 Å². The second kappa shape index (κ2) is 2.51. The molecule has 0 aromatic carbocycles. The van der Waals surface area contributed by atoms with Gasteiger partial charge in [0.05, 0.1) is 6.61 Å². The van der Waals surface area contributed by atoms with Crippen molar-refractivity contribution in [3.63, 3.8) is 0 Å². The molecule has 1 atom stereocenters. The number of hydrogen-bond acceptors (Lipinski definition) is 2. The van der Waals surface area contributed by atoms with Crippen molar-refractivity contribution in [2.75, 3.05) is 13.2 Å². The summed E-state index contributed by atoms with van der Waals surface area (Å²) in [6.45, 7) is 6.12. The van der Waals surface area contributed by atoms with Crippen LogP contribution in [0.15, 0.2) is 0 Å². The van der Waals surface area contributed by atoms with E-state index in [-0.39, 0.29) is 4.75 Å². The van der Waals surface area contributed by atoms with Gasteiger partial charge in [-0.2, -0.15) is 12.6 Å². The van der Waals surface area contributed by atoms with Crippen LogP contribution in [0.1, 0.15) is 20.3 Å². The highest BCUT2D eigenvalue weighted by Crippen LogP contribution is 2.30. The van der Waals surface area contributed by atoms with Crippen molar-refractivity contribution in [3.8, 4) is 0 Å². The van der Waals surface area contributed by atoms with Crippen LogP contribution in [0.5, 0.6) is 0 Å². The van der Waals surface area contributed by atoms with Crippen LogP contribution >= 0.6 is 12.6 Å². The molecule has 1 rings (SSSR count). The number of rotatable bonds is 1. The van der Waals surface area contributed by atoms with Crippen molar-refractivity contribution in [1.82, 2.24) is 0 Å². The Bertz CT molecular complexity index is 89.6. The number of hydrogen-bond donors (Lipinski definition) is 1. The fourth-order valence-electron chi connectivity index (χ4n) is 1.09. The third-order valence-corrected chi connectivity index (χ3v) is 2.29. The molecule has 0 radical (unpaired) electrons. The van der Waals surface area contributed by atoms with E-state index < -0.39 is 0 Å². The molecule has 0 bridgehead atoms. The highest BCUT2D eigenvalue weighted by Gasteiger charge is 2.28. The monoisotopic (exact) mass is 146 g/mol. The molecule has 1 heterocycles. The van der Waals surface area contributed by atoms with Gasteiger partial charge in [-0.15, -0.1) is 0 Å². The quantitative estimate of drug-likeness (QED) is 0.554. The molecular formula is C7H14OS. The number of thiol groups is 1. The van der Waals surface area contributed by atoms with Crippen molar-refractivity contribution < 1.29 is 4.74 Å². The Morgan fingerprint density at radius 2 is 2.22 bits per heavy atom. The summed E-state index contributed by atoms with van der Waals surface area (Å²) in [6, 6.07) is 0. The van der Waals surface area contributed by atoms with Gasteiger partial charge in [0.25, 0.3) is 0 Å². The Hall–Kier alpha value is 0.310. The maximum atomic E-state index is 5.23. The molecule has 0 aliphatic carbocycles. The molecule has 0 aromatic heterocycles. The first-order valence-electron chi connectivity index (χ1n) is 3.41. The van der Waals surface area contributed by atoms with Crippen LogP contribution in [0.25, 0.3) is 0 Å². The standard InChI is InChI=1S/C7H14OS/c1-7(2,9)6-3-4-8-5-6/h6,9H,3-5H2,1-2H3. The molecule has 1 nitrogen and oxygen atoms in total. The van der Waals surface area contributed by atoms with Crippen molar-refractivity contribution in [2.45, 2.75) is 25.0 Å². The van der Waals surface area contributed by atoms with E-state index in [1.165, 1.54) is 6.42 Å². The van der Waals surface area contributed by atoms with E-state index in [2.05, 4.69) is 26.5 Å². The zero-order chi connectivity index (χ0) is 6.91. The molecule has 0 spiro atoms. The lowest BCUT2D eigenvalue weighted by atomic mass is 9.94. The highest BCUT2D eigenvalue weighted by molar-refractivity contribution is 7.81. The molecule has 0 N–H and O–H groups in total. The Labute approximate surface area is 62.2 Å². The summed E-state index contributed by atoms with van der Waals surface area (Å²) in [7, 11) is 0. The SMILES string of the molecule is CC(C)(S)C1CCOC1. The van der Waals surface area contributed by atoms with E-state index in [0.717, 1.165) is 13.2 Å². The van der Waals surface area contributed by atoms with E-state index in [1.807, 2.05) is 0 Å². The molecule has 1 aliphatic rings. The Kier molecular flexibility index (Phi) is 2.07. The highest BCUT2D eigenvalue weighted by atomic mass is 32.1. The minimum absolute atomic E-state index is 0.149.